The summed E-state index contributed by atoms with van der Waals surface area (Å²) in [6.07, 6.45) is 1.85. The van der Waals surface area contributed by atoms with Crippen LogP contribution < -0.4 is 5.73 Å². The summed E-state index contributed by atoms with van der Waals surface area (Å²) in [5, 5.41) is 2.11. The summed E-state index contributed by atoms with van der Waals surface area (Å²) in [7, 11) is 0. The Kier molecular flexibility index (Phi) is 5.08. The molecule has 0 radical (unpaired) electrons. The van der Waals surface area contributed by atoms with E-state index in [-0.39, 0.29) is 24.4 Å². The summed E-state index contributed by atoms with van der Waals surface area (Å²) >= 11 is 1.78. The molecule has 114 valence electrons. The number of thiophene rings is 1. The van der Waals surface area contributed by atoms with E-state index in [1.54, 1.807) is 23.5 Å². The maximum absolute atomic E-state index is 12.6. The van der Waals surface area contributed by atoms with Crippen LogP contribution in [-0.2, 0) is 13.0 Å². The second-order valence-electron chi connectivity index (χ2n) is 4.94. The summed E-state index contributed by atoms with van der Waals surface area (Å²) in [6, 6.07) is 5.79. The first-order valence-electron chi connectivity index (χ1n) is 6.90. The van der Waals surface area contributed by atoms with Crippen molar-refractivity contribution in [2.45, 2.75) is 32.4 Å². The van der Waals surface area contributed by atoms with Crippen molar-refractivity contribution in [2.24, 2.45) is 5.73 Å². The van der Waals surface area contributed by atoms with E-state index in [2.05, 4.69) is 18.4 Å². The van der Waals surface area contributed by atoms with Crippen molar-refractivity contribution in [3.63, 3.8) is 0 Å². The number of hydrogen-bond acceptors (Lipinski definition) is 4. The van der Waals surface area contributed by atoms with Crippen molar-refractivity contribution in [3.05, 3.63) is 45.5 Å². The molecule has 2 aromatic rings. The van der Waals surface area contributed by atoms with E-state index in [0.717, 1.165) is 19.4 Å². The molecule has 0 bridgehead atoms. The maximum Gasteiger partial charge on any atom is 0.290 e. The Bertz CT molecular complexity index is 623. The Labute approximate surface area is 134 Å². The molecule has 0 fully saturated rings. The molecule has 1 aliphatic rings. The zero-order valence-electron chi connectivity index (χ0n) is 11.9. The number of nitrogens with two attached hydrogens (primary N) is 1. The first-order valence-corrected chi connectivity index (χ1v) is 7.78. The van der Waals surface area contributed by atoms with Crippen LogP contribution >= 0.6 is 23.7 Å². The van der Waals surface area contributed by atoms with Gasteiger partial charge in [0.15, 0.2) is 5.76 Å². The van der Waals surface area contributed by atoms with E-state index in [9.17, 15) is 4.79 Å². The highest BCUT2D eigenvalue weighted by molar-refractivity contribution is 7.10. The fourth-order valence-corrected chi connectivity index (χ4v) is 3.75. The molecular weight excluding hydrogens is 308 g/mol. The molecule has 3 rings (SSSR count). The van der Waals surface area contributed by atoms with E-state index in [1.165, 1.54) is 10.4 Å². The van der Waals surface area contributed by atoms with Gasteiger partial charge in [0.05, 0.1) is 12.6 Å². The molecule has 3 heterocycles. The fraction of sp³-hybridized carbons (Fsp3) is 0.400. The van der Waals surface area contributed by atoms with Crippen LogP contribution in [0.2, 0.25) is 0 Å². The lowest BCUT2D eigenvalue weighted by atomic mass is 9.97. The van der Waals surface area contributed by atoms with E-state index in [4.69, 9.17) is 10.2 Å². The van der Waals surface area contributed by atoms with E-state index >= 15 is 0 Å². The van der Waals surface area contributed by atoms with Crippen molar-refractivity contribution in [3.8, 4) is 0 Å². The van der Waals surface area contributed by atoms with Crippen LogP contribution in [0.15, 0.2) is 28.0 Å². The first-order chi connectivity index (χ1) is 9.74. The first kappa shape index (κ1) is 16.1. The summed E-state index contributed by atoms with van der Waals surface area (Å²) in [5.41, 5.74) is 6.82. The smallest absolute Gasteiger partial charge is 0.290 e. The highest BCUT2D eigenvalue weighted by atomic mass is 35.5. The summed E-state index contributed by atoms with van der Waals surface area (Å²) in [4.78, 5) is 16.0. The van der Waals surface area contributed by atoms with Crippen molar-refractivity contribution in [1.82, 2.24) is 4.90 Å². The van der Waals surface area contributed by atoms with Crippen LogP contribution in [0.1, 0.15) is 46.1 Å². The lowest BCUT2D eigenvalue weighted by molar-refractivity contribution is 0.0623. The molecule has 0 aliphatic carbocycles. The Balaban J connectivity index is 0.00000161. The quantitative estimate of drug-likeness (QED) is 0.940. The number of halogens is 1. The molecule has 6 heteroatoms. The van der Waals surface area contributed by atoms with Crippen LogP contribution in [0.5, 0.6) is 0 Å². The van der Waals surface area contributed by atoms with Gasteiger partial charge in [0.2, 0.25) is 0 Å². The minimum absolute atomic E-state index is 0. The third-order valence-electron chi connectivity index (χ3n) is 3.82. The van der Waals surface area contributed by atoms with E-state index in [0.29, 0.717) is 18.1 Å². The highest BCUT2D eigenvalue weighted by Gasteiger charge is 2.32. The molecule has 2 aromatic heterocycles. The number of carbonyl (C=O) groups excluding carboxylic acids is 1. The van der Waals surface area contributed by atoms with Gasteiger partial charge in [-0.05, 0) is 42.0 Å². The van der Waals surface area contributed by atoms with E-state index < -0.39 is 0 Å². The maximum atomic E-state index is 12.6. The second-order valence-corrected chi connectivity index (χ2v) is 5.94. The minimum Gasteiger partial charge on any atom is -0.455 e. The molecule has 1 aliphatic heterocycles. The summed E-state index contributed by atoms with van der Waals surface area (Å²) in [6.45, 7) is 3.19. The predicted molar refractivity (Wildman–Crippen MR) is 85.9 cm³/mol. The number of fused-ring (bicyclic) bond motifs is 1. The normalized spacial score (nSPS) is 17.2. The van der Waals surface area contributed by atoms with Gasteiger partial charge in [-0.1, -0.05) is 6.92 Å². The molecule has 4 nitrogen and oxygen atoms in total. The zero-order valence-corrected chi connectivity index (χ0v) is 13.5. The van der Waals surface area contributed by atoms with Gasteiger partial charge in [0.25, 0.3) is 5.91 Å². The van der Waals surface area contributed by atoms with Crippen LogP contribution in [0.3, 0.4) is 0 Å². The molecule has 21 heavy (non-hydrogen) atoms. The number of amides is 1. The van der Waals surface area contributed by atoms with Gasteiger partial charge in [-0.3, -0.25) is 4.79 Å². The number of furan rings is 1. The molecule has 1 unspecified atom stereocenters. The summed E-state index contributed by atoms with van der Waals surface area (Å²) < 4.78 is 5.50. The fourth-order valence-electron chi connectivity index (χ4n) is 2.82. The van der Waals surface area contributed by atoms with Gasteiger partial charge in [0, 0.05) is 11.4 Å². The van der Waals surface area contributed by atoms with Crippen LogP contribution in [-0.4, -0.2) is 17.4 Å². The molecule has 0 spiro atoms. The standard InChI is InChI=1S/C15H18N2O2S.ClH/c1-2-12-11-6-8-20-14(11)5-7-17(12)15(18)13-4-3-10(9-16)19-13;/h3-4,6,8,12H,2,5,7,9,16H2,1H3;1H. The number of carbonyl (C=O) groups is 1. The van der Waals surface area contributed by atoms with Crippen LogP contribution in [0, 0.1) is 0 Å². The molecule has 1 amide bonds. The monoisotopic (exact) mass is 326 g/mol. The topological polar surface area (TPSA) is 59.5 Å². The molecule has 0 saturated heterocycles. The summed E-state index contributed by atoms with van der Waals surface area (Å²) in [5.74, 6) is 1.01. The predicted octanol–water partition coefficient (Wildman–Crippen LogP) is 3.37. The Morgan fingerprint density at radius 2 is 2.29 bits per heavy atom. The third-order valence-corrected chi connectivity index (χ3v) is 4.81. The molecule has 0 aromatic carbocycles. The largest absolute Gasteiger partial charge is 0.455 e. The number of hydrogen-bond donors (Lipinski definition) is 1. The Morgan fingerprint density at radius 3 is 2.95 bits per heavy atom. The lowest BCUT2D eigenvalue weighted by Crippen LogP contribution is -2.39. The number of rotatable bonds is 3. The zero-order chi connectivity index (χ0) is 14.1. The van der Waals surface area contributed by atoms with Gasteiger partial charge < -0.3 is 15.1 Å². The lowest BCUT2D eigenvalue weighted by Gasteiger charge is -2.34. The highest BCUT2D eigenvalue weighted by Crippen LogP contribution is 2.36. The van der Waals surface area contributed by atoms with Crippen molar-refractivity contribution >= 4 is 29.7 Å². The van der Waals surface area contributed by atoms with Gasteiger partial charge in [-0.2, -0.15) is 0 Å². The molecule has 1 atom stereocenters. The van der Waals surface area contributed by atoms with E-state index in [1.807, 2.05) is 4.90 Å². The van der Waals surface area contributed by atoms with Gasteiger partial charge in [-0.15, -0.1) is 23.7 Å². The SMILES string of the molecule is CCC1c2ccsc2CCN1C(=O)c1ccc(CN)o1.Cl. The Morgan fingerprint density at radius 1 is 1.48 bits per heavy atom. The second kappa shape index (κ2) is 6.64. The number of nitrogens with zero attached hydrogens (tertiary/aromatic N) is 1. The van der Waals surface area contributed by atoms with Crippen LogP contribution in [0.25, 0.3) is 0 Å². The van der Waals surface area contributed by atoms with Gasteiger partial charge in [0.1, 0.15) is 5.76 Å². The minimum atomic E-state index is -0.0339. The molecule has 0 saturated carbocycles. The van der Waals surface area contributed by atoms with Crippen molar-refractivity contribution in [1.29, 1.82) is 0 Å². The Hall–Kier alpha value is -1.30. The molecular formula is C15H19ClN2O2S. The average Bonchev–Trinajstić information content (AvgIpc) is 3.13. The van der Waals surface area contributed by atoms with Gasteiger partial charge >= 0.3 is 0 Å². The third kappa shape index (κ3) is 2.86. The van der Waals surface area contributed by atoms with Gasteiger partial charge in [-0.25, -0.2) is 0 Å². The van der Waals surface area contributed by atoms with Crippen molar-refractivity contribution in [2.75, 3.05) is 6.54 Å². The average molecular weight is 327 g/mol. The van der Waals surface area contributed by atoms with Crippen molar-refractivity contribution < 1.29 is 9.21 Å². The van der Waals surface area contributed by atoms with Crippen LogP contribution in [0.4, 0.5) is 0 Å². The molecule has 2 N–H and O–H groups in total.